The second-order valence-corrected chi connectivity index (χ2v) is 5.69. The molecule has 0 fully saturated rings. The van der Waals surface area contributed by atoms with Gasteiger partial charge in [0, 0.05) is 18.5 Å². The Morgan fingerprint density at radius 1 is 1.20 bits per heavy atom. The van der Waals surface area contributed by atoms with E-state index in [1.54, 1.807) is 17.7 Å². The van der Waals surface area contributed by atoms with Crippen LogP contribution < -0.4 is 5.32 Å². The molecule has 102 valence electrons. The zero-order valence-corrected chi connectivity index (χ0v) is 12.4. The monoisotopic (exact) mass is 284 g/mol. The molecule has 0 saturated carbocycles. The third-order valence-corrected chi connectivity index (χ3v) is 4.23. The lowest BCUT2D eigenvalue weighted by atomic mass is 10.2. The van der Waals surface area contributed by atoms with E-state index in [1.165, 1.54) is 4.70 Å². The molecule has 3 aromatic rings. The summed E-state index contributed by atoms with van der Waals surface area (Å²) in [6.45, 7) is 4.98. The molecule has 2 heterocycles. The molecule has 0 aliphatic rings. The molecule has 0 aliphatic carbocycles. The number of nitrogens with one attached hydrogen (secondary N) is 1. The fraction of sp³-hybridized carbons (Fsp3) is 0.267. The highest BCUT2D eigenvalue weighted by Crippen LogP contribution is 2.24. The number of rotatable bonds is 4. The summed E-state index contributed by atoms with van der Waals surface area (Å²) in [7, 11) is 0. The number of fused-ring (bicyclic) bond motifs is 1. The third-order valence-electron chi connectivity index (χ3n) is 3.19. The van der Waals surface area contributed by atoms with Crippen LogP contribution in [0.25, 0.3) is 10.2 Å². The van der Waals surface area contributed by atoms with E-state index in [9.17, 15) is 0 Å². The number of thiazole rings is 1. The lowest BCUT2D eigenvalue weighted by Crippen LogP contribution is -2.05. The van der Waals surface area contributed by atoms with E-state index in [1.807, 2.05) is 18.2 Å². The molecule has 5 heteroatoms. The molecule has 0 saturated heterocycles. The fourth-order valence-corrected chi connectivity index (χ4v) is 3.12. The molecule has 2 aromatic heterocycles. The maximum atomic E-state index is 4.66. The first-order valence-electron chi connectivity index (χ1n) is 6.66. The Bertz CT molecular complexity index is 703. The van der Waals surface area contributed by atoms with Gasteiger partial charge in [0.2, 0.25) is 0 Å². The van der Waals surface area contributed by atoms with Gasteiger partial charge in [-0.15, -0.1) is 11.3 Å². The van der Waals surface area contributed by atoms with E-state index in [0.717, 1.165) is 40.6 Å². The molecule has 1 N–H and O–H groups in total. The number of para-hydroxylation sites is 1. The van der Waals surface area contributed by atoms with Gasteiger partial charge in [-0.05, 0) is 26.0 Å². The van der Waals surface area contributed by atoms with Crippen LogP contribution in [0.3, 0.4) is 0 Å². The zero-order valence-electron chi connectivity index (χ0n) is 11.6. The van der Waals surface area contributed by atoms with Gasteiger partial charge >= 0.3 is 0 Å². The summed E-state index contributed by atoms with van der Waals surface area (Å²) in [6.07, 6.45) is 2.37. The molecule has 20 heavy (non-hydrogen) atoms. The van der Waals surface area contributed by atoms with Gasteiger partial charge < -0.3 is 5.32 Å². The Morgan fingerprint density at radius 3 is 2.85 bits per heavy atom. The molecule has 0 amide bonds. The maximum Gasteiger partial charge on any atom is 0.132 e. The Kier molecular flexibility index (Phi) is 3.60. The minimum absolute atomic E-state index is 0.756. The van der Waals surface area contributed by atoms with Crippen LogP contribution in [0.15, 0.2) is 30.6 Å². The molecule has 3 rings (SSSR count). The number of benzene rings is 1. The minimum Gasteiger partial charge on any atom is -0.370 e. The summed E-state index contributed by atoms with van der Waals surface area (Å²) in [4.78, 5) is 13.3. The van der Waals surface area contributed by atoms with Crippen molar-refractivity contribution in [1.29, 1.82) is 0 Å². The molecule has 0 atom stereocenters. The van der Waals surface area contributed by atoms with E-state index >= 15 is 0 Å². The molecule has 1 aromatic carbocycles. The number of hydrogen-bond acceptors (Lipinski definition) is 5. The molecule has 0 radical (unpaired) electrons. The lowest BCUT2D eigenvalue weighted by Gasteiger charge is -2.08. The smallest absolute Gasteiger partial charge is 0.132 e. The number of anilines is 1. The second kappa shape index (κ2) is 5.54. The van der Waals surface area contributed by atoms with Crippen molar-refractivity contribution in [1.82, 2.24) is 15.0 Å². The fourth-order valence-electron chi connectivity index (χ4n) is 2.15. The summed E-state index contributed by atoms with van der Waals surface area (Å²) in [5.74, 6) is 0.915. The van der Waals surface area contributed by atoms with Gasteiger partial charge in [-0.1, -0.05) is 12.1 Å². The molecular formula is C15H16N4S. The van der Waals surface area contributed by atoms with Gasteiger partial charge in [0.25, 0.3) is 0 Å². The highest BCUT2D eigenvalue weighted by atomic mass is 32.1. The SMILES string of the molecule is CCNc1ncnc(Cc2nc3ccccc3s2)c1C. The van der Waals surface area contributed by atoms with Gasteiger partial charge in [-0.2, -0.15) is 0 Å². The molecule has 0 aliphatic heterocycles. The van der Waals surface area contributed by atoms with Crippen molar-refractivity contribution in [3.8, 4) is 0 Å². The topological polar surface area (TPSA) is 50.7 Å². The summed E-state index contributed by atoms with van der Waals surface area (Å²) < 4.78 is 1.22. The molecule has 4 nitrogen and oxygen atoms in total. The largest absolute Gasteiger partial charge is 0.370 e. The van der Waals surface area contributed by atoms with Gasteiger partial charge in [-0.25, -0.2) is 15.0 Å². The normalized spacial score (nSPS) is 10.9. The summed E-state index contributed by atoms with van der Waals surface area (Å²) >= 11 is 1.73. The molecule has 0 bridgehead atoms. The number of hydrogen-bond donors (Lipinski definition) is 1. The van der Waals surface area contributed by atoms with Crippen LogP contribution in [0, 0.1) is 6.92 Å². The molecule has 0 spiro atoms. The lowest BCUT2D eigenvalue weighted by molar-refractivity contribution is 0.980. The van der Waals surface area contributed by atoms with Crippen LogP contribution >= 0.6 is 11.3 Å². The van der Waals surface area contributed by atoms with Crippen molar-refractivity contribution in [2.75, 3.05) is 11.9 Å². The van der Waals surface area contributed by atoms with E-state index in [-0.39, 0.29) is 0 Å². The second-order valence-electron chi connectivity index (χ2n) is 4.58. The summed E-state index contributed by atoms with van der Waals surface area (Å²) in [6, 6.07) is 8.22. The standard InChI is InChI=1S/C15H16N4S/c1-3-16-15-10(2)12(17-9-18-15)8-14-19-11-6-4-5-7-13(11)20-14/h4-7,9H,3,8H2,1-2H3,(H,16,17,18). The van der Waals surface area contributed by atoms with E-state index in [4.69, 9.17) is 0 Å². The van der Waals surface area contributed by atoms with Crippen molar-refractivity contribution in [3.05, 3.63) is 46.9 Å². The Hall–Kier alpha value is -2.01. The Balaban J connectivity index is 1.92. The van der Waals surface area contributed by atoms with Crippen LogP contribution in [-0.2, 0) is 6.42 Å². The first-order valence-corrected chi connectivity index (χ1v) is 7.48. The first kappa shape index (κ1) is 13.0. The highest BCUT2D eigenvalue weighted by Gasteiger charge is 2.10. The molecule has 0 unspecified atom stereocenters. The van der Waals surface area contributed by atoms with Crippen LogP contribution in [0.5, 0.6) is 0 Å². The highest BCUT2D eigenvalue weighted by molar-refractivity contribution is 7.18. The summed E-state index contributed by atoms with van der Waals surface area (Å²) in [5, 5.41) is 4.35. The minimum atomic E-state index is 0.756. The van der Waals surface area contributed by atoms with Gasteiger partial charge in [0.1, 0.15) is 12.1 Å². The predicted octanol–water partition coefficient (Wildman–Crippen LogP) is 3.42. The predicted molar refractivity (Wildman–Crippen MR) is 83.4 cm³/mol. The van der Waals surface area contributed by atoms with Crippen LogP contribution in [0.2, 0.25) is 0 Å². The quantitative estimate of drug-likeness (QED) is 0.797. The van der Waals surface area contributed by atoms with Crippen LogP contribution in [0.4, 0.5) is 5.82 Å². The van der Waals surface area contributed by atoms with E-state index < -0.39 is 0 Å². The van der Waals surface area contributed by atoms with Crippen molar-refractivity contribution < 1.29 is 0 Å². The van der Waals surface area contributed by atoms with E-state index in [2.05, 4.69) is 40.2 Å². The summed E-state index contributed by atoms with van der Waals surface area (Å²) in [5.41, 5.74) is 3.20. The number of aromatic nitrogens is 3. The Morgan fingerprint density at radius 2 is 2.05 bits per heavy atom. The van der Waals surface area contributed by atoms with Crippen molar-refractivity contribution in [2.45, 2.75) is 20.3 Å². The first-order chi connectivity index (χ1) is 9.78. The van der Waals surface area contributed by atoms with E-state index in [0.29, 0.717) is 0 Å². The number of nitrogens with zero attached hydrogens (tertiary/aromatic N) is 3. The average molecular weight is 284 g/mol. The van der Waals surface area contributed by atoms with Gasteiger partial charge in [0.05, 0.1) is 20.9 Å². The van der Waals surface area contributed by atoms with Crippen LogP contribution in [-0.4, -0.2) is 21.5 Å². The van der Waals surface area contributed by atoms with Gasteiger partial charge in [-0.3, -0.25) is 0 Å². The zero-order chi connectivity index (χ0) is 13.9. The average Bonchev–Trinajstić information content (AvgIpc) is 2.86. The van der Waals surface area contributed by atoms with Crippen molar-refractivity contribution in [2.24, 2.45) is 0 Å². The third kappa shape index (κ3) is 2.49. The maximum absolute atomic E-state index is 4.66. The van der Waals surface area contributed by atoms with Gasteiger partial charge in [0.15, 0.2) is 0 Å². The van der Waals surface area contributed by atoms with Crippen LogP contribution in [0.1, 0.15) is 23.2 Å². The van der Waals surface area contributed by atoms with Crippen molar-refractivity contribution >= 4 is 27.4 Å². The van der Waals surface area contributed by atoms with Crippen molar-refractivity contribution in [3.63, 3.8) is 0 Å². The Labute approximate surface area is 121 Å². The molecular weight excluding hydrogens is 268 g/mol.